The van der Waals surface area contributed by atoms with Gasteiger partial charge in [0.2, 0.25) is 0 Å². The van der Waals surface area contributed by atoms with Gasteiger partial charge in [-0.15, -0.1) is 0 Å². The van der Waals surface area contributed by atoms with E-state index in [1.165, 1.54) is 12.8 Å². The number of hydrogen-bond donors (Lipinski definition) is 1. The van der Waals surface area contributed by atoms with Crippen LogP contribution in [-0.4, -0.2) is 48.7 Å². The van der Waals surface area contributed by atoms with Crippen molar-refractivity contribution >= 4 is 27.6 Å². The number of aromatic carboxylic acids is 1. The maximum Gasteiger partial charge on any atom is 0.336 e. The molecule has 1 aliphatic rings. The lowest BCUT2D eigenvalue weighted by Gasteiger charge is -2.40. The van der Waals surface area contributed by atoms with Crippen LogP contribution in [0.5, 0.6) is 0 Å². The molecule has 0 amide bonds. The molecule has 0 radical (unpaired) electrons. The number of rotatable bonds is 5. The molecule has 0 aromatic heterocycles. The average molecular weight is 383 g/mol. The third-order valence-corrected chi connectivity index (χ3v) is 5.52. The fourth-order valence-electron chi connectivity index (χ4n) is 3.70. The van der Waals surface area contributed by atoms with Gasteiger partial charge in [-0.05, 0) is 71.3 Å². The van der Waals surface area contributed by atoms with Gasteiger partial charge in [-0.1, -0.05) is 15.9 Å². The van der Waals surface area contributed by atoms with Gasteiger partial charge < -0.3 is 14.9 Å². The second-order valence-electron chi connectivity index (χ2n) is 6.61. The first kappa shape index (κ1) is 18.3. The molecule has 0 unspecified atom stereocenters. The highest BCUT2D eigenvalue weighted by molar-refractivity contribution is 9.10. The standard InChI is InChI=1S/C18H27BrN2O2/c1-5-21(15-8-6-14(7-9-15)20(3)4)17-11-13(19)10-16(12(17)2)18(22)23/h10-11,14-15H,5-9H2,1-4H3,(H,22,23). The lowest BCUT2D eigenvalue weighted by Crippen LogP contribution is -2.42. The summed E-state index contributed by atoms with van der Waals surface area (Å²) in [6.45, 7) is 4.96. The molecule has 0 aliphatic heterocycles. The molecule has 0 bridgehead atoms. The van der Waals surface area contributed by atoms with Crippen LogP contribution in [0.2, 0.25) is 0 Å². The van der Waals surface area contributed by atoms with Crippen molar-refractivity contribution in [3.05, 3.63) is 27.7 Å². The van der Waals surface area contributed by atoms with Gasteiger partial charge in [-0.2, -0.15) is 0 Å². The third-order valence-electron chi connectivity index (χ3n) is 5.06. The zero-order valence-corrected chi connectivity index (χ0v) is 16.1. The SMILES string of the molecule is CCN(c1cc(Br)cc(C(=O)O)c1C)C1CCC(N(C)C)CC1. The summed E-state index contributed by atoms with van der Waals surface area (Å²) in [4.78, 5) is 16.2. The molecule has 4 nitrogen and oxygen atoms in total. The molecule has 1 fully saturated rings. The van der Waals surface area contributed by atoms with Crippen LogP contribution < -0.4 is 4.90 Å². The Bertz CT molecular complexity index is 566. The highest BCUT2D eigenvalue weighted by Crippen LogP contribution is 2.34. The Kier molecular flexibility index (Phi) is 6.09. The van der Waals surface area contributed by atoms with Gasteiger partial charge in [0.05, 0.1) is 5.56 Å². The van der Waals surface area contributed by atoms with Gasteiger partial charge in [0.1, 0.15) is 0 Å². The van der Waals surface area contributed by atoms with Crippen LogP contribution in [0.4, 0.5) is 5.69 Å². The van der Waals surface area contributed by atoms with Gasteiger partial charge in [-0.3, -0.25) is 0 Å². The third kappa shape index (κ3) is 4.07. The molecule has 0 atom stereocenters. The highest BCUT2D eigenvalue weighted by atomic mass is 79.9. The predicted octanol–water partition coefficient (Wildman–Crippen LogP) is 4.15. The van der Waals surface area contributed by atoms with Crippen molar-refractivity contribution in [1.29, 1.82) is 0 Å². The molecule has 1 N–H and O–H groups in total. The van der Waals surface area contributed by atoms with Gasteiger partial charge in [0, 0.05) is 28.8 Å². The summed E-state index contributed by atoms with van der Waals surface area (Å²) in [6.07, 6.45) is 4.72. The van der Waals surface area contributed by atoms with E-state index < -0.39 is 5.97 Å². The van der Waals surface area contributed by atoms with Crippen LogP contribution in [-0.2, 0) is 0 Å². The van der Waals surface area contributed by atoms with Gasteiger partial charge >= 0.3 is 5.97 Å². The predicted molar refractivity (Wildman–Crippen MR) is 98.6 cm³/mol. The number of benzene rings is 1. The summed E-state index contributed by atoms with van der Waals surface area (Å²) >= 11 is 3.47. The monoisotopic (exact) mass is 382 g/mol. The van der Waals surface area contributed by atoms with Gasteiger partial charge in [-0.25, -0.2) is 4.79 Å². The Labute approximate surface area is 147 Å². The molecular weight excluding hydrogens is 356 g/mol. The minimum Gasteiger partial charge on any atom is -0.478 e. The summed E-state index contributed by atoms with van der Waals surface area (Å²) in [5.74, 6) is -0.864. The highest BCUT2D eigenvalue weighted by Gasteiger charge is 2.28. The lowest BCUT2D eigenvalue weighted by atomic mass is 9.89. The summed E-state index contributed by atoms with van der Waals surface area (Å²) in [5.41, 5.74) is 2.29. The van der Waals surface area contributed by atoms with E-state index in [9.17, 15) is 9.90 Å². The van der Waals surface area contributed by atoms with Gasteiger partial charge in [0.15, 0.2) is 0 Å². The number of carboxylic acids is 1. The van der Waals surface area contributed by atoms with Crippen LogP contribution in [0.15, 0.2) is 16.6 Å². The maximum absolute atomic E-state index is 11.5. The summed E-state index contributed by atoms with van der Waals surface area (Å²) in [5, 5.41) is 9.43. The first-order valence-corrected chi connectivity index (χ1v) is 9.11. The van der Waals surface area contributed by atoms with E-state index >= 15 is 0 Å². The van der Waals surface area contributed by atoms with E-state index in [2.05, 4.69) is 52.8 Å². The second-order valence-corrected chi connectivity index (χ2v) is 7.53. The largest absolute Gasteiger partial charge is 0.478 e. The minimum absolute atomic E-state index is 0.384. The zero-order valence-electron chi connectivity index (χ0n) is 14.5. The molecule has 0 saturated heterocycles. The van der Waals surface area contributed by atoms with E-state index in [1.807, 2.05) is 6.92 Å². The first-order chi connectivity index (χ1) is 10.8. The number of halogens is 1. The van der Waals surface area contributed by atoms with Crippen molar-refractivity contribution in [3.63, 3.8) is 0 Å². The normalized spacial score (nSPS) is 21.5. The quantitative estimate of drug-likeness (QED) is 0.830. The van der Waals surface area contributed by atoms with Crippen molar-refractivity contribution in [2.45, 2.75) is 51.6 Å². The van der Waals surface area contributed by atoms with Crippen LogP contribution in [0.3, 0.4) is 0 Å². The summed E-state index contributed by atoms with van der Waals surface area (Å²) in [6, 6.07) is 4.91. The Balaban J connectivity index is 2.27. The molecule has 0 spiro atoms. The molecule has 1 aromatic rings. The van der Waals surface area contributed by atoms with Crippen molar-refractivity contribution in [1.82, 2.24) is 4.90 Å². The van der Waals surface area contributed by atoms with E-state index in [4.69, 9.17) is 0 Å². The van der Waals surface area contributed by atoms with Crippen molar-refractivity contribution in [2.24, 2.45) is 0 Å². The number of hydrogen-bond acceptors (Lipinski definition) is 3. The van der Waals surface area contributed by atoms with Crippen LogP contribution >= 0.6 is 15.9 Å². The topological polar surface area (TPSA) is 43.8 Å². The molecule has 0 heterocycles. The second kappa shape index (κ2) is 7.67. The summed E-state index contributed by atoms with van der Waals surface area (Å²) in [7, 11) is 4.31. The lowest BCUT2D eigenvalue weighted by molar-refractivity contribution is 0.0696. The first-order valence-electron chi connectivity index (χ1n) is 8.31. The van der Waals surface area contributed by atoms with E-state index in [0.717, 1.165) is 35.1 Å². The van der Waals surface area contributed by atoms with Gasteiger partial charge in [0.25, 0.3) is 0 Å². The fraction of sp³-hybridized carbons (Fsp3) is 0.611. The number of carboxylic acid groups (broad SMARTS) is 1. The Morgan fingerprint density at radius 3 is 2.26 bits per heavy atom. The molecule has 2 rings (SSSR count). The molecular formula is C18H27BrN2O2. The number of carbonyl (C=O) groups is 1. The molecule has 1 saturated carbocycles. The van der Waals surface area contributed by atoms with E-state index in [1.54, 1.807) is 6.07 Å². The number of anilines is 1. The van der Waals surface area contributed by atoms with E-state index in [-0.39, 0.29) is 0 Å². The molecule has 128 valence electrons. The Hall–Kier alpha value is -1.07. The molecule has 23 heavy (non-hydrogen) atoms. The zero-order chi connectivity index (χ0) is 17.1. The number of nitrogens with zero attached hydrogens (tertiary/aromatic N) is 2. The Morgan fingerprint density at radius 1 is 1.22 bits per heavy atom. The van der Waals surface area contributed by atoms with Crippen molar-refractivity contribution in [3.8, 4) is 0 Å². The molecule has 5 heteroatoms. The van der Waals surface area contributed by atoms with Crippen molar-refractivity contribution in [2.75, 3.05) is 25.5 Å². The fourth-order valence-corrected chi connectivity index (χ4v) is 4.14. The van der Waals surface area contributed by atoms with Crippen molar-refractivity contribution < 1.29 is 9.90 Å². The summed E-state index contributed by atoms with van der Waals surface area (Å²) < 4.78 is 0.830. The minimum atomic E-state index is -0.864. The van der Waals surface area contributed by atoms with Crippen LogP contribution in [0.1, 0.15) is 48.5 Å². The smallest absolute Gasteiger partial charge is 0.336 e. The molecule has 1 aliphatic carbocycles. The van der Waals surface area contributed by atoms with Crippen LogP contribution in [0.25, 0.3) is 0 Å². The average Bonchev–Trinajstić information content (AvgIpc) is 2.51. The van der Waals surface area contributed by atoms with Crippen LogP contribution in [0, 0.1) is 6.92 Å². The maximum atomic E-state index is 11.5. The molecule has 1 aromatic carbocycles. The van der Waals surface area contributed by atoms with E-state index in [0.29, 0.717) is 17.6 Å². The Morgan fingerprint density at radius 2 is 1.78 bits per heavy atom.